The predicted molar refractivity (Wildman–Crippen MR) is 146 cm³/mol. The van der Waals surface area contributed by atoms with Crippen molar-refractivity contribution in [3.8, 4) is 0 Å². The molecule has 37 heavy (non-hydrogen) atoms. The Morgan fingerprint density at radius 3 is 2.68 bits per heavy atom. The van der Waals surface area contributed by atoms with Crippen LogP contribution < -0.4 is 10.6 Å². The number of benzene rings is 2. The minimum Gasteiger partial charge on any atom is -0.374 e. The van der Waals surface area contributed by atoms with E-state index in [0.717, 1.165) is 22.9 Å². The van der Waals surface area contributed by atoms with Crippen LogP contribution in [0.1, 0.15) is 35.9 Å². The van der Waals surface area contributed by atoms with Gasteiger partial charge in [-0.3, -0.25) is 9.59 Å². The summed E-state index contributed by atoms with van der Waals surface area (Å²) in [5, 5.41) is 7.17. The number of morpholine rings is 1. The molecule has 0 aliphatic carbocycles. The van der Waals surface area contributed by atoms with Crippen LogP contribution in [-0.4, -0.2) is 62.9 Å². The number of ether oxygens (including phenoxy) is 1. The van der Waals surface area contributed by atoms with E-state index >= 15 is 0 Å². The van der Waals surface area contributed by atoms with Crippen molar-refractivity contribution in [2.75, 3.05) is 26.2 Å². The fourth-order valence-electron chi connectivity index (χ4n) is 4.13. The Hall–Kier alpha value is -2.50. The number of amides is 2. The molecule has 2 amide bonds. The number of sulfonamides is 1. The minimum atomic E-state index is -3.71. The minimum absolute atomic E-state index is 0.110. The molecule has 0 saturated carbocycles. The van der Waals surface area contributed by atoms with Crippen LogP contribution in [0.15, 0.2) is 59.5 Å². The Labute approximate surface area is 226 Å². The van der Waals surface area contributed by atoms with Crippen molar-refractivity contribution < 1.29 is 22.7 Å². The number of halogens is 1. The number of unbranched alkanes of at least 4 members (excludes halogenated alkanes) is 1. The third-order valence-electron chi connectivity index (χ3n) is 6.17. The van der Waals surface area contributed by atoms with Crippen LogP contribution in [0.2, 0.25) is 5.02 Å². The molecule has 2 N–H and O–H groups in total. The predicted octanol–water partition coefficient (Wildman–Crippen LogP) is 4.05. The fourth-order valence-corrected chi connectivity index (χ4v) is 6.67. The van der Waals surface area contributed by atoms with Gasteiger partial charge in [-0.15, -0.1) is 11.3 Å². The summed E-state index contributed by atoms with van der Waals surface area (Å²) in [7, 11) is -3.71. The molecule has 4 rings (SSSR count). The van der Waals surface area contributed by atoms with E-state index in [4.69, 9.17) is 16.3 Å². The molecule has 8 nitrogen and oxygen atoms in total. The highest BCUT2D eigenvalue weighted by Crippen LogP contribution is 2.25. The molecule has 1 fully saturated rings. The molecule has 198 valence electrons. The molecule has 1 saturated heterocycles. The molecule has 0 bridgehead atoms. The lowest BCUT2D eigenvalue weighted by atomic mass is 10.1. The number of nitrogens with zero attached hydrogens (tertiary/aromatic N) is 1. The van der Waals surface area contributed by atoms with Gasteiger partial charge in [0.25, 0.3) is 5.91 Å². The molecular formula is C26H30ClN3O5S2. The van der Waals surface area contributed by atoms with Gasteiger partial charge in [0.15, 0.2) is 0 Å². The Bertz CT molecular complexity index is 1310. The molecule has 0 radical (unpaired) electrons. The van der Waals surface area contributed by atoms with Crippen LogP contribution in [0.3, 0.4) is 0 Å². The maximum Gasteiger partial charge on any atom is 0.262 e. The molecule has 1 unspecified atom stereocenters. The van der Waals surface area contributed by atoms with Crippen LogP contribution in [0.25, 0.3) is 10.1 Å². The largest absolute Gasteiger partial charge is 0.374 e. The number of hydrogen-bond acceptors (Lipinski definition) is 6. The number of nitrogens with one attached hydrogen (secondary N) is 2. The lowest BCUT2D eigenvalue weighted by Gasteiger charge is -2.32. The number of carbonyl (C=O) groups is 2. The van der Waals surface area contributed by atoms with Crippen molar-refractivity contribution in [3.63, 3.8) is 0 Å². The van der Waals surface area contributed by atoms with E-state index in [9.17, 15) is 18.0 Å². The molecular weight excluding hydrogens is 534 g/mol. The summed E-state index contributed by atoms with van der Waals surface area (Å²) in [5.41, 5.74) is 0. The second-order valence-electron chi connectivity index (χ2n) is 8.87. The molecule has 1 aliphatic heterocycles. The fraction of sp³-hybridized carbons (Fsp3) is 0.385. The number of thiophene rings is 1. The highest BCUT2D eigenvalue weighted by Gasteiger charge is 2.31. The van der Waals surface area contributed by atoms with Gasteiger partial charge in [0.2, 0.25) is 15.9 Å². The van der Waals surface area contributed by atoms with Gasteiger partial charge in [-0.05, 0) is 48.2 Å². The normalized spacial score (nSPS) is 17.4. The molecule has 2 heterocycles. The zero-order valence-electron chi connectivity index (χ0n) is 20.5. The maximum absolute atomic E-state index is 13.0. The smallest absolute Gasteiger partial charge is 0.262 e. The van der Waals surface area contributed by atoms with E-state index in [1.54, 1.807) is 0 Å². The number of carbonyl (C=O) groups excluding carboxylic acids is 2. The van der Waals surface area contributed by atoms with Gasteiger partial charge in [0, 0.05) is 29.4 Å². The molecule has 3 aromatic rings. The second-order valence-corrected chi connectivity index (χ2v) is 12.3. The summed E-state index contributed by atoms with van der Waals surface area (Å²) in [6.07, 6.45) is 1.65. The summed E-state index contributed by atoms with van der Waals surface area (Å²) < 4.78 is 34.1. The van der Waals surface area contributed by atoms with Gasteiger partial charge >= 0.3 is 0 Å². The zero-order valence-corrected chi connectivity index (χ0v) is 22.9. The number of fused-ring (bicyclic) bond motifs is 1. The Balaban J connectivity index is 1.36. The first-order chi connectivity index (χ1) is 17.8. The van der Waals surface area contributed by atoms with Crippen LogP contribution in [0, 0.1) is 0 Å². The van der Waals surface area contributed by atoms with Crippen molar-refractivity contribution in [2.24, 2.45) is 0 Å². The topological polar surface area (TPSA) is 105 Å². The third-order valence-corrected chi connectivity index (χ3v) is 9.42. The summed E-state index contributed by atoms with van der Waals surface area (Å²) in [5.74, 6) is -0.601. The lowest BCUT2D eigenvalue weighted by molar-refractivity contribution is -0.124. The summed E-state index contributed by atoms with van der Waals surface area (Å²) in [6.45, 7) is 2.70. The van der Waals surface area contributed by atoms with Crippen LogP contribution in [-0.2, 0) is 19.6 Å². The van der Waals surface area contributed by atoms with Crippen LogP contribution >= 0.6 is 22.9 Å². The number of rotatable bonds is 10. The van der Waals surface area contributed by atoms with Gasteiger partial charge in [-0.1, -0.05) is 49.6 Å². The SMILES string of the molecule is CCCC[C@H](NC(=O)c1cc2ccccc2s1)C(=O)NCC1CN(S(=O)(=O)c2ccc(Cl)cc2)CCO1. The number of hydrogen-bond donors (Lipinski definition) is 2. The average molecular weight is 564 g/mol. The van der Waals surface area contributed by atoms with Crippen LogP contribution in [0.5, 0.6) is 0 Å². The quantitative estimate of drug-likeness (QED) is 0.387. The van der Waals surface area contributed by atoms with Gasteiger partial charge in [-0.25, -0.2) is 8.42 Å². The Morgan fingerprint density at radius 1 is 1.19 bits per heavy atom. The molecule has 11 heteroatoms. The van der Waals surface area contributed by atoms with Gasteiger partial charge < -0.3 is 15.4 Å². The third kappa shape index (κ3) is 6.88. The molecule has 2 atom stereocenters. The molecule has 2 aromatic carbocycles. The second kappa shape index (κ2) is 12.4. The Morgan fingerprint density at radius 2 is 1.95 bits per heavy atom. The Kier molecular flexibility index (Phi) is 9.20. The highest BCUT2D eigenvalue weighted by atomic mass is 35.5. The van der Waals surface area contributed by atoms with Gasteiger partial charge in [0.1, 0.15) is 6.04 Å². The van der Waals surface area contributed by atoms with Crippen molar-refractivity contribution in [3.05, 3.63) is 64.5 Å². The van der Waals surface area contributed by atoms with Crippen molar-refractivity contribution >= 4 is 54.9 Å². The standard InChI is InChI=1S/C26H30ClN3O5S2/c1-2-3-7-22(29-26(32)24-15-18-6-4-5-8-23(18)36-24)25(31)28-16-20-17-30(13-14-35-20)37(33,34)21-11-9-19(27)10-12-21/h4-6,8-12,15,20,22H,2-3,7,13-14,16-17H2,1H3,(H,28,31)(H,29,32)/t20?,22-/m0/s1. The average Bonchev–Trinajstić information content (AvgIpc) is 3.34. The first-order valence-electron chi connectivity index (χ1n) is 12.2. The first-order valence-corrected chi connectivity index (χ1v) is 14.9. The molecule has 1 aliphatic rings. The van der Waals surface area contributed by atoms with Crippen molar-refractivity contribution in [2.45, 2.75) is 43.2 Å². The van der Waals surface area contributed by atoms with Gasteiger partial charge in [0.05, 0.1) is 22.5 Å². The lowest BCUT2D eigenvalue weighted by Crippen LogP contribution is -2.52. The van der Waals surface area contributed by atoms with E-state index < -0.39 is 22.2 Å². The van der Waals surface area contributed by atoms with E-state index in [0.29, 0.717) is 16.3 Å². The zero-order chi connectivity index (χ0) is 26.4. The molecule has 0 spiro atoms. The van der Waals surface area contributed by atoms with Crippen molar-refractivity contribution in [1.82, 2.24) is 14.9 Å². The molecule has 1 aromatic heterocycles. The van der Waals surface area contributed by atoms with Crippen LogP contribution in [0.4, 0.5) is 0 Å². The van der Waals surface area contributed by atoms with E-state index in [1.165, 1.54) is 39.9 Å². The van der Waals surface area contributed by atoms with Crippen molar-refractivity contribution in [1.29, 1.82) is 0 Å². The summed E-state index contributed by atoms with van der Waals surface area (Å²) in [6, 6.07) is 14.9. The maximum atomic E-state index is 13.0. The van der Waals surface area contributed by atoms with E-state index in [2.05, 4.69) is 10.6 Å². The summed E-state index contributed by atoms with van der Waals surface area (Å²) >= 11 is 7.28. The van der Waals surface area contributed by atoms with Gasteiger partial charge in [-0.2, -0.15) is 4.31 Å². The van der Waals surface area contributed by atoms with E-state index in [1.807, 2.05) is 37.3 Å². The monoisotopic (exact) mass is 563 g/mol. The highest BCUT2D eigenvalue weighted by molar-refractivity contribution is 7.89. The van der Waals surface area contributed by atoms with E-state index in [-0.39, 0.29) is 43.0 Å². The first kappa shape index (κ1) is 27.5. The summed E-state index contributed by atoms with van der Waals surface area (Å²) in [4.78, 5) is 26.7.